The quantitative estimate of drug-likeness (QED) is 0.575. The van der Waals surface area contributed by atoms with Crippen molar-refractivity contribution in [2.24, 2.45) is 0 Å². The van der Waals surface area contributed by atoms with Crippen LogP contribution >= 0.6 is 23.4 Å². The van der Waals surface area contributed by atoms with Crippen molar-refractivity contribution in [1.29, 1.82) is 0 Å². The minimum atomic E-state index is 0.489. The molecule has 3 aromatic rings. The summed E-state index contributed by atoms with van der Waals surface area (Å²) in [6.45, 7) is 0. The van der Waals surface area contributed by atoms with E-state index in [0.29, 0.717) is 22.5 Å². The highest BCUT2D eigenvalue weighted by Crippen LogP contribution is 2.27. The number of nitrogens with zero attached hydrogens (tertiary/aromatic N) is 2. The number of anilines is 1. The van der Waals surface area contributed by atoms with Crippen LogP contribution in [0.2, 0.25) is 5.02 Å². The van der Waals surface area contributed by atoms with Gasteiger partial charge >= 0.3 is 0 Å². The molecule has 6 heteroatoms. The molecule has 21 heavy (non-hydrogen) atoms. The number of aromatic nitrogens is 2. The molecule has 106 valence electrons. The Labute approximate surface area is 131 Å². The second-order valence-electron chi connectivity index (χ2n) is 4.35. The van der Waals surface area contributed by atoms with Crippen molar-refractivity contribution in [2.45, 2.75) is 10.6 Å². The standard InChI is InChI=1S/C15H12ClN3OS/c16-11-7-5-10(6-8-11)15-18-14(19-20-15)9-21-13-4-2-1-3-12(13)17/h1-8H,9,17H2. The van der Waals surface area contributed by atoms with Crippen LogP contribution in [0.25, 0.3) is 11.5 Å². The van der Waals surface area contributed by atoms with Gasteiger partial charge in [0.1, 0.15) is 0 Å². The molecule has 0 radical (unpaired) electrons. The molecule has 0 fully saturated rings. The average molecular weight is 318 g/mol. The van der Waals surface area contributed by atoms with E-state index >= 15 is 0 Å². The van der Waals surface area contributed by atoms with Gasteiger partial charge in [0.25, 0.3) is 5.89 Å². The molecule has 0 bridgehead atoms. The third-order valence-corrected chi connectivity index (χ3v) is 4.17. The fourth-order valence-corrected chi connectivity index (χ4v) is 2.71. The normalized spacial score (nSPS) is 10.7. The van der Waals surface area contributed by atoms with Crippen LogP contribution in [-0.2, 0) is 5.75 Å². The Bertz CT molecular complexity index is 743. The summed E-state index contributed by atoms with van der Waals surface area (Å²) in [5, 5.41) is 4.65. The second-order valence-corrected chi connectivity index (χ2v) is 5.80. The first-order valence-corrected chi connectivity index (χ1v) is 7.64. The Morgan fingerprint density at radius 3 is 2.62 bits per heavy atom. The van der Waals surface area contributed by atoms with E-state index < -0.39 is 0 Å². The molecule has 0 saturated carbocycles. The molecule has 2 aromatic carbocycles. The zero-order valence-corrected chi connectivity index (χ0v) is 12.6. The molecule has 2 N–H and O–H groups in total. The van der Waals surface area contributed by atoms with E-state index in [-0.39, 0.29) is 0 Å². The van der Waals surface area contributed by atoms with Gasteiger partial charge in [-0.15, -0.1) is 11.8 Å². The molecule has 0 unspecified atom stereocenters. The van der Waals surface area contributed by atoms with E-state index in [9.17, 15) is 0 Å². The van der Waals surface area contributed by atoms with E-state index in [2.05, 4.69) is 10.1 Å². The van der Waals surface area contributed by atoms with E-state index in [1.807, 2.05) is 36.4 Å². The van der Waals surface area contributed by atoms with Gasteiger partial charge in [-0.3, -0.25) is 0 Å². The van der Waals surface area contributed by atoms with E-state index in [1.165, 1.54) is 0 Å². The summed E-state index contributed by atoms with van der Waals surface area (Å²) in [5.41, 5.74) is 7.50. The predicted molar refractivity (Wildman–Crippen MR) is 85.2 cm³/mol. The number of hydrogen-bond donors (Lipinski definition) is 1. The molecule has 0 amide bonds. The van der Waals surface area contributed by atoms with Gasteiger partial charge in [0, 0.05) is 21.2 Å². The number of nitrogens with two attached hydrogens (primary N) is 1. The minimum absolute atomic E-state index is 0.489. The van der Waals surface area contributed by atoms with Crippen molar-refractivity contribution in [3.63, 3.8) is 0 Å². The van der Waals surface area contributed by atoms with Crippen LogP contribution in [0.3, 0.4) is 0 Å². The summed E-state index contributed by atoms with van der Waals surface area (Å²) in [6, 6.07) is 15.0. The minimum Gasteiger partial charge on any atom is -0.398 e. The summed E-state index contributed by atoms with van der Waals surface area (Å²) in [4.78, 5) is 5.38. The van der Waals surface area contributed by atoms with Gasteiger partial charge in [-0.25, -0.2) is 0 Å². The lowest BCUT2D eigenvalue weighted by molar-refractivity contribution is 0.425. The predicted octanol–water partition coefficient (Wildman–Crippen LogP) is 4.26. The molecule has 0 aliphatic rings. The van der Waals surface area contributed by atoms with Crippen molar-refractivity contribution in [3.05, 3.63) is 59.4 Å². The number of para-hydroxylation sites is 1. The van der Waals surface area contributed by atoms with Crippen LogP contribution in [0.5, 0.6) is 0 Å². The average Bonchev–Trinajstić information content (AvgIpc) is 2.96. The molecule has 3 rings (SSSR count). The van der Waals surface area contributed by atoms with Crippen molar-refractivity contribution in [1.82, 2.24) is 10.1 Å². The van der Waals surface area contributed by atoms with Crippen molar-refractivity contribution in [3.8, 4) is 11.5 Å². The molecular formula is C15H12ClN3OS. The molecule has 0 saturated heterocycles. The fourth-order valence-electron chi connectivity index (χ4n) is 1.78. The van der Waals surface area contributed by atoms with Gasteiger partial charge in [-0.1, -0.05) is 28.9 Å². The number of halogens is 1. The Kier molecular flexibility index (Phi) is 4.13. The summed E-state index contributed by atoms with van der Waals surface area (Å²) >= 11 is 7.43. The Balaban J connectivity index is 1.71. The van der Waals surface area contributed by atoms with E-state index in [1.54, 1.807) is 23.9 Å². The number of benzene rings is 2. The van der Waals surface area contributed by atoms with Crippen LogP contribution in [0, 0.1) is 0 Å². The zero-order chi connectivity index (χ0) is 14.7. The summed E-state index contributed by atoms with van der Waals surface area (Å²) in [5.74, 6) is 1.72. The molecule has 1 heterocycles. The summed E-state index contributed by atoms with van der Waals surface area (Å²) in [6.07, 6.45) is 0. The molecule has 1 aromatic heterocycles. The largest absolute Gasteiger partial charge is 0.398 e. The Morgan fingerprint density at radius 1 is 1.10 bits per heavy atom. The van der Waals surface area contributed by atoms with Crippen molar-refractivity contribution >= 4 is 29.1 Å². The topological polar surface area (TPSA) is 64.9 Å². The van der Waals surface area contributed by atoms with Gasteiger partial charge in [0.05, 0.1) is 5.75 Å². The molecule has 0 aliphatic heterocycles. The SMILES string of the molecule is Nc1ccccc1SCc1noc(-c2ccc(Cl)cc2)n1. The molecule has 0 aliphatic carbocycles. The Hall–Kier alpha value is -1.98. The van der Waals surface area contributed by atoms with Crippen LogP contribution < -0.4 is 5.73 Å². The first-order valence-electron chi connectivity index (χ1n) is 6.28. The molecule has 0 spiro atoms. The lowest BCUT2D eigenvalue weighted by Crippen LogP contribution is -1.89. The fraction of sp³-hybridized carbons (Fsp3) is 0.0667. The highest BCUT2D eigenvalue weighted by atomic mass is 35.5. The first-order chi connectivity index (χ1) is 10.2. The van der Waals surface area contributed by atoms with Crippen LogP contribution in [-0.4, -0.2) is 10.1 Å². The number of nitrogen functional groups attached to an aromatic ring is 1. The van der Waals surface area contributed by atoms with Crippen molar-refractivity contribution in [2.75, 3.05) is 5.73 Å². The number of thioether (sulfide) groups is 1. The third-order valence-electron chi connectivity index (χ3n) is 2.84. The van der Waals surface area contributed by atoms with Crippen molar-refractivity contribution < 1.29 is 4.52 Å². The highest BCUT2D eigenvalue weighted by molar-refractivity contribution is 7.98. The Morgan fingerprint density at radius 2 is 1.86 bits per heavy atom. The smallest absolute Gasteiger partial charge is 0.257 e. The highest BCUT2D eigenvalue weighted by Gasteiger charge is 2.09. The summed E-state index contributed by atoms with van der Waals surface area (Å²) in [7, 11) is 0. The number of rotatable bonds is 4. The monoisotopic (exact) mass is 317 g/mol. The zero-order valence-electron chi connectivity index (χ0n) is 11.0. The summed E-state index contributed by atoms with van der Waals surface area (Å²) < 4.78 is 5.26. The van der Waals surface area contributed by atoms with Gasteiger partial charge in [0.2, 0.25) is 0 Å². The number of hydrogen-bond acceptors (Lipinski definition) is 5. The van der Waals surface area contributed by atoms with Gasteiger partial charge < -0.3 is 10.3 Å². The van der Waals surface area contributed by atoms with Gasteiger partial charge in [-0.2, -0.15) is 4.98 Å². The van der Waals surface area contributed by atoms with Crippen LogP contribution in [0.1, 0.15) is 5.82 Å². The lowest BCUT2D eigenvalue weighted by atomic mass is 10.2. The maximum Gasteiger partial charge on any atom is 0.257 e. The second kappa shape index (κ2) is 6.20. The van der Waals surface area contributed by atoms with E-state index in [4.69, 9.17) is 21.9 Å². The third kappa shape index (κ3) is 3.37. The molecule has 0 atom stereocenters. The van der Waals surface area contributed by atoms with Crippen LogP contribution in [0.15, 0.2) is 57.9 Å². The maximum absolute atomic E-state index is 5.90. The van der Waals surface area contributed by atoms with Gasteiger partial charge in [0.15, 0.2) is 5.82 Å². The molecular weight excluding hydrogens is 306 g/mol. The van der Waals surface area contributed by atoms with E-state index in [0.717, 1.165) is 16.1 Å². The van der Waals surface area contributed by atoms with Gasteiger partial charge in [-0.05, 0) is 36.4 Å². The molecule has 4 nitrogen and oxygen atoms in total. The maximum atomic E-state index is 5.90. The first kappa shape index (κ1) is 14.0. The lowest BCUT2D eigenvalue weighted by Gasteiger charge is -2.01. The van der Waals surface area contributed by atoms with Crippen LogP contribution in [0.4, 0.5) is 5.69 Å².